The lowest BCUT2D eigenvalue weighted by Crippen LogP contribution is -2.54. The van der Waals surface area contributed by atoms with Crippen molar-refractivity contribution in [3.63, 3.8) is 0 Å². The van der Waals surface area contributed by atoms with Crippen LogP contribution in [0.3, 0.4) is 0 Å². The molecule has 7 atom stereocenters. The van der Waals surface area contributed by atoms with Crippen LogP contribution in [0.2, 0.25) is 0 Å². The molecular weight excluding hydrogens is 921 g/mol. The van der Waals surface area contributed by atoms with E-state index in [1.807, 2.05) is 24.3 Å². The molecule has 5 aliphatic carbocycles. The molecule has 5 unspecified atom stereocenters. The molecule has 5 saturated carbocycles. The summed E-state index contributed by atoms with van der Waals surface area (Å²) in [7, 11) is 3.92. The minimum absolute atomic E-state index is 0.0110. The van der Waals surface area contributed by atoms with Gasteiger partial charge in [0.1, 0.15) is 29.1 Å². The average Bonchev–Trinajstić information content (AvgIpc) is 4.29. The second kappa shape index (κ2) is 19.7. The molecule has 18 nitrogen and oxygen atoms in total. The molecule has 0 aromatic carbocycles. The van der Waals surface area contributed by atoms with Gasteiger partial charge in [-0.3, -0.25) is 33.4 Å². The number of aryl methyl sites for hydroxylation is 1. The Hall–Kier alpha value is -6.01. The Kier molecular flexibility index (Phi) is 13.3. The van der Waals surface area contributed by atoms with Crippen molar-refractivity contribution >= 4 is 52.9 Å². The second-order valence-corrected chi connectivity index (χ2v) is 23.5. The molecular formula is C55H74N14O4. The first-order chi connectivity index (χ1) is 35.2. The van der Waals surface area contributed by atoms with Gasteiger partial charge in [0, 0.05) is 83.1 Å². The van der Waals surface area contributed by atoms with Gasteiger partial charge in [0.15, 0.2) is 0 Å². The first kappa shape index (κ1) is 49.2. The number of amides is 4. The van der Waals surface area contributed by atoms with Crippen molar-refractivity contribution in [1.29, 1.82) is 0 Å². The molecule has 7 fully saturated rings. The molecule has 6 heterocycles. The van der Waals surface area contributed by atoms with Gasteiger partial charge in [-0.2, -0.15) is 10.2 Å². The fourth-order valence-electron chi connectivity index (χ4n) is 13.1. The minimum atomic E-state index is -0.750. The van der Waals surface area contributed by atoms with Crippen LogP contribution >= 0.6 is 0 Å². The molecule has 11 rings (SSSR count). The first-order valence-corrected chi connectivity index (χ1v) is 27.1. The monoisotopic (exact) mass is 995 g/mol. The van der Waals surface area contributed by atoms with E-state index in [4.69, 9.17) is 15.1 Å². The normalized spacial score (nSPS) is 26.0. The van der Waals surface area contributed by atoms with Crippen LogP contribution in [-0.4, -0.2) is 128 Å². The number of carbonyl (C=O) groups excluding carboxylic acids is 4. The zero-order chi connectivity index (χ0) is 50.6. The van der Waals surface area contributed by atoms with Crippen LogP contribution in [0.4, 0.5) is 23.0 Å². The van der Waals surface area contributed by atoms with Crippen LogP contribution in [0.5, 0.6) is 0 Å². The second-order valence-electron chi connectivity index (χ2n) is 23.5. The van der Waals surface area contributed by atoms with E-state index in [2.05, 4.69) is 73.9 Å². The predicted octanol–water partition coefficient (Wildman–Crippen LogP) is 6.05. The quantitative estimate of drug-likeness (QED) is 0.0843. The number of hydrogen-bond donors (Lipinski definition) is 4. The van der Waals surface area contributed by atoms with Gasteiger partial charge < -0.3 is 31.1 Å². The maximum absolute atomic E-state index is 14.7. The van der Waals surface area contributed by atoms with Crippen LogP contribution < -0.4 is 31.1 Å². The molecule has 0 bridgehead atoms. The third kappa shape index (κ3) is 10.0. The lowest BCUT2D eigenvalue weighted by molar-refractivity contribution is -0.122. The number of pyridine rings is 2. The Bertz CT molecular complexity index is 2700. The van der Waals surface area contributed by atoms with Gasteiger partial charge >= 0.3 is 0 Å². The molecule has 1 spiro atoms. The third-order valence-corrected chi connectivity index (χ3v) is 18.6. The molecule has 7 aliphatic rings. The zero-order valence-corrected chi connectivity index (χ0v) is 43.3. The van der Waals surface area contributed by atoms with E-state index in [9.17, 15) is 19.2 Å². The summed E-state index contributed by atoms with van der Waals surface area (Å²) in [5.41, 5.74) is 1.82. The minimum Gasteiger partial charge on any atom is -0.354 e. The zero-order valence-electron chi connectivity index (χ0n) is 43.3. The molecule has 18 heteroatoms. The number of hydrogen-bond acceptors (Lipinski definition) is 12. The Balaban J connectivity index is 0.810. The molecule has 2 saturated heterocycles. The lowest BCUT2D eigenvalue weighted by Gasteiger charge is -2.42. The van der Waals surface area contributed by atoms with Crippen molar-refractivity contribution in [2.45, 2.75) is 116 Å². The summed E-state index contributed by atoms with van der Waals surface area (Å²) >= 11 is 0. The first-order valence-electron chi connectivity index (χ1n) is 27.1. The molecule has 4 amide bonds. The summed E-state index contributed by atoms with van der Waals surface area (Å²) < 4.78 is 3.27. The Labute approximate surface area is 428 Å². The number of aliphatic imine (C=N–C) groups is 1. The number of nitrogens with zero attached hydrogens (tertiary/aromatic N) is 10. The van der Waals surface area contributed by atoms with Crippen LogP contribution in [-0.2, 0) is 23.2 Å². The Morgan fingerprint density at radius 2 is 1.45 bits per heavy atom. The summed E-state index contributed by atoms with van der Waals surface area (Å²) in [5, 5.41) is 22.0. The number of nitrogens with one attached hydrogen (secondary N) is 4. The summed E-state index contributed by atoms with van der Waals surface area (Å²) in [5.74, 6) is 0.301. The van der Waals surface area contributed by atoms with E-state index in [0.29, 0.717) is 41.3 Å². The van der Waals surface area contributed by atoms with Gasteiger partial charge in [-0.15, -0.1) is 0 Å². The molecule has 388 valence electrons. The summed E-state index contributed by atoms with van der Waals surface area (Å²) in [6.45, 7) is 12.6. The molecule has 4 aromatic heterocycles. The van der Waals surface area contributed by atoms with E-state index in [1.54, 1.807) is 54.9 Å². The summed E-state index contributed by atoms with van der Waals surface area (Å²) in [6.07, 6.45) is 19.7. The summed E-state index contributed by atoms with van der Waals surface area (Å²) in [6, 6.07) is 10.8. The highest BCUT2D eigenvalue weighted by molar-refractivity contribution is 6.06. The number of aromatic nitrogens is 6. The third-order valence-electron chi connectivity index (χ3n) is 18.6. The highest BCUT2D eigenvalue weighted by Crippen LogP contribution is 2.64. The van der Waals surface area contributed by atoms with Crippen molar-refractivity contribution in [1.82, 2.24) is 45.1 Å². The van der Waals surface area contributed by atoms with Crippen molar-refractivity contribution in [2.24, 2.45) is 58.4 Å². The van der Waals surface area contributed by atoms with Crippen LogP contribution in [0.1, 0.15) is 112 Å². The van der Waals surface area contributed by atoms with Gasteiger partial charge in [-0.25, -0.2) is 15.0 Å². The molecule has 0 radical (unpaired) electrons. The van der Waals surface area contributed by atoms with Gasteiger partial charge in [-0.05, 0) is 123 Å². The van der Waals surface area contributed by atoms with Crippen molar-refractivity contribution < 1.29 is 19.2 Å². The molecule has 73 heavy (non-hydrogen) atoms. The van der Waals surface area contributed by atoms with E-state index in [1.165, 1.54) is 17.5 Å². The fraction of sp³-hybridized carbons (Fsp3) is 0.618. The van der Waals surface area contributed by atoms with Gasteiger partial charge in [0.05, 0.1) is 29.7 Å². The Morgan fingerprint density at radius 3 is 2.05 bits per heavy atom. The molecule has 4 aromatic rings. The maximum Gasteiger partial charge on any atom is 0.294 e. The molecule has 2 aliphatic heterocycles. The van der Waals surface area contributed by atoms with E-state index >= 15 is 0 Å². The van der Waals surface area contributed by atoms with Crippen molar-refractivity contribution in [3.05, 3.63) is 72.6 Å². The lowest BCUT2D eigenvalue weighted by atomic mass is 9.63. The Morgan fingerprint density at radius 1 is 0.795 bits per heavy atom. The fourth-order valence-corrected chi connectivity index (χ4v) is 13.1. The van der Waals surface area contributed by atoms with E-state index in [-0.39, 0.29) is 57.8 Å². The number of likely N-dealkylation sites (N-methyl/N-ethyl adjacent to an activating group) is 1. The van der Waals surface area contributed by atoms with Crippen LogP contribution in [0.15, 0.2) is 66.2 Å². The SMILES string of the molecule is C[C@@H]1CN(c2ccc(NC(=O)C(C=NC(=O)c3ccnn3C)C(C3CCC3)C3(C)CC3Cn3nccc3C(=O)N[C@H](C(=O)Nc3ccc(N4CCN(C)C5(CC5)C4)nc3)C(C3CCC3)C3(C)CC3)cn2)CCN1. The number of rotatable bonds is 18. The van der Waals surface area contributed by atoms with Crippen LogP contribution in [0.25, 0.3) is 0 Å². The standard InChI is InChI=1S/C55H74N14O4/c1-35-32-67(25-24-56-35)44-14-12-39(29-57-44)62-49(70)41(31-59-50(71)42-16-22-60-66(42)5)46(36-8-6-9-36)54(3)28-38(54)33-69-43(17-23-61-69)51(72)64-48(47(37-10-7-11-37)53(2)18-19-53)52(73)63-40-13-15-45(58-30-40)68-27-26-65(4)55(34-68)20-21-55/h12-17,22-23,29-31,35-38,41,46-48,56H,6-11,18-21,24-28,32-34H2,1-5H3,(H,62,70)(H,63,73)(H,64,72)/t35-,38?,41?,46?,47?,48+,54?/m1/s1. The van der Waals surface area contributed by atoms with Gasteiger partial charge in [-0.1, -0.05) is 52.4 Å². The van der Waals surface area contributed by atoms with Gasteiger partial charge in [0.2, 0.25) is 11.8 Å². The number of carbonyl (C=O) groups is 4. The summed E-state index contributed by atoms with van der Waals surface area (Å²) in [4.78, 5) is 78.7. The highest BCUT2D eigenvalue weighted by atomic mass is 16.2. The maximum atomic E-state index is 14.7. The smallest absolute Gasteiger partial charge is 0.294 e. The van der Waals surface area contributed by atoms with E-state index in [0.717, 1.165) is 109 Å². The van der Waals surface area contributed by atoms with Gasteiger partial charge in [0.25, 0.3) is 11.8 Å². The molecule has 4 N–H and O–H groups in total. The van der Waals surface area contributed by atoms with Crippen molar-refractivity contribution in [2.75, 3.05) is 66.7 Å². The van der Waals surface area contributed by atoms with Crippen LogP contribution in [0, 0.1) is 46.3 Å². The largest absolute Gasteiger partial charge is 0.354 e. The predicted molar refractivity (Wildman–Crippen MR) is 280 cm³/mol. The number of piperazine rings is 2. The topological polar surface area (TPSA) is 200 Å². The number of anilines is 4. The van der Waals surface area contributed by atoms with Crippen molar-refractivity contribution in [3.8, 4) is 0 Å². The average molecular weight is 995 g/mol. The van der Waals surface area contributed by atoms with E-state index < -0.39 is 17.9 Å². The highest BCUT2D eigenvalue weighted by Gasteiger charge is 2.61.